The lowest BCUT2D eigenvalue weighted by Crippen LogP contribution is -2.50. The monoisotopic (exact) mass is 273 g/mol. The van der Waals surface area contributed by atoms with Gasteiger partial charge in [0.2, 0.25) is 0 Å². The Bertz CT molecular complexity index is 410. The fraction of sp³-hybridized carbons (Fsp3) is 0.538. The average Bonchev–Trinajstić information content (AvgIpc) is 2.28. The molecule has 94 valence electrons. The Balaban J connectivity index is 2.16. The summed E-state index contributed by atoms with van der Waals surface area (Å²) in [5.74, 6) is 0.241. The summed E-state index contributed by atoms with van der Waals surface area (Å²) in [6.45, 7) is 3.80. The van der Waals surface area contributed by atoms with E-state index in [1.165, 1.54) is 0 Å². The van der Waals surface area contributed by atoms with Crippen LogP contribution >= 0.6 is 23.2 Å². The summed E-state index contributed by atoms with van der Waals surface area (Å²) < 4.78 is 0. The van der Waals surface area contributed by atoms with Gasteiger partial charge in [0.25, 0.3) is 0 Å². The maximum absolute atomic E-state index is 10.6. The van der Waals surface area contributed by atoms with Crippen molar-refractivity contribution in [3.05, 3.63) is 33.8 Å². The summed E-state index contributed by atoms with van der Waals surface area (Å²) in [4.78, 5) is 0. The topological polar surface area (TPSA) is 32.3 Å². The molecule has 2 unspecified atom stereocenters. The molecule has 0 amide bonds. The molecule has 1 aliphatic heterocycles. The van der Waals surface area contributed by atoms with Crippen molar-refractivity contribution >= 4 is 23.2 Å². The number of hydrogen-bond donors (Lipinski definition) is 2. The Morgan fingerprint density at radius 1 is 1.41 bits per heavy atom. The van der Waals surface area contributed by atoms with Crippen molar-refractivity contribution in [3.63, 3.8) is 0 Å². The first-order valence-electron chi connectivity index (χ1n) is 5.88. The summed E-state index contributed by atoms with van der Waals surface area (Å²) in [5.41, 5.74) is 0.401. The molecule has 1 aromatic carbocycles. The molecule has 2 N–H and O–H groups in total. The highest BCUT2D eigenvalue weighted by atomic mass is 35.5. The van der Waals surface area contributed by atoms with E-state index in [1.807, 2.05) is 12.1 Å². The second kappa shape index (κ2) is 5.15. The molecule has 0 radical (unpaired) electrons. The molecule has 0 aromatic heterocycles. The Kier molecular flexibility index (Phi) is 3.99. The lowest BCUT2D eigenvalue weighted by molar-refractivity contribution is -0.0329. The van der Waals surface area contributed by atoms with Crippen LogP contribution in [-0.4, -0.2) is 23.8 Å². The normalized spacial score (nSPS) is 29.3. The highest BCUT2D eigenvalue weighted by Crippen LogP contribution is 2.30. The van der Waals surface area contributed by atoms with Crippen molar-refractivity contribution in [1.82, 2.24) is 5.32 Å². The Morgan fingerprint density at radius 3 is 2.82 bits per heavy atom. The molecular formula is C13H17Cl2NO. The van der Waals surface area contributed by atoms with Crippen molar-refractivity contribution in [3.8, 4) is 0 Å². The van der Waals surface area contributed by atoms with Gasteiger partial charge < -0.3 is 10.4 Å². The second-order valence-electron chi connectivity index (χ2n) is 4.88. The fourth-order valence-electron chi connectivity index (χ4n) is 2.33. The number of rotatable bonds is 2. The van der Waals surface area contributed by atoms with Crippen LogP contribution in [0.2, 0.25) is 10.0 Å². The van der Waals surface area contributed by atoms with Crippen LogP contribution in [0.3, 0.4) is 0 Å². The molecule has 0 aliphatic carbocycles. The predicted octanol–water partition coefficient (Wildman–Crippen LogP) is 2.90. The summed E-state index contributed by atoms with van der Waals surface area (Å²) in [7, 11) is 0. The first kappa shape index (κ1) is 13.2. The van der Waals surface area contributed by atoms with E-state index in [4.69, 9.17) is 23.2 Å². The number of nitrogens with one attached hydrogen (secondary N) is 1. The van der Waals surface area contributed by atoms with Gasteiger partial charge in [-0.1, -0.05) is 36.2 Å². The standard InChI is InChI=1S/C13H17Cl2NO/c1-9-8-16-5-4-13(9,17)7-10-2-3-11(14)12(15)6-10/h2-3,6,9,16-17H,4-5,7-8H2,1H3. The quantitative estimate of drug-likeness (QED) is 0.869. The molecule has 2 rings (SSSR count). The zero-order valence-corrected chi connectivity index (χ0v) is 11.4. The number of hydrogen-bond acceptors (Lipinski definition) is 2. The van der Waals surface area contributed by atoms with E-state index >= 15 is 0 Å². The zero-order valence-electron chi connectivity index (χ0n) is 9.84. The highest BCUT2D eigenvalue weighted by Gasteiger charge is 2.35. The van der Waals surface area contributed by atoms with Crippen molar-refractivity contribution in [1.29, 1.82) is 0 Å². The number of halogens is 2. The SMILES string of the molecule is CC1CNCCC1(O)Cc1ccc(Cl)c(Cl)c1. The third-order valence-corrected chi connectivity index (χ3v) is 4.34. The van der Waals surface area contributed by atoms with E-state index in [0.29, 0.717) is 16.5 Å². The van der Waals surface area contributed by atoms with Crippen LogP contribution in [0.5, 0.6) is 0 Å². The van der Waals surface area contributed by atoms with E-state index in [0.717, 1.165) is 25.1 Å². The molecule has 0 saturated carbocycles. The first-order valence-corrected chi connectivity index (χ1v) is 6.64. The summed E-state index contributed by atoms with van der Waals surface area (Å²) in [5, 5.41) is 15.0. The molecule has 1 aliphatic rings. The van der Waals surface area contributed by atoms with Gasteiger partial charge in [0.15, 0.2) is 0 Å². The van der Waals surface area contributed by atoms with Gasteiger partial charge in [-0.25, -0.2) is 0 Å². The van der Waals surface area contributed by atoms with Gasteiger partial charge in [-0.3, -0.25) is 0 Å². The van der Waals surface area contributed by atoms with Gasteiger partial charge in [-0.15, -0.1) is 0 Å². The van der Waals surface area contributed by atoms with Gasteiger partial charge >= 0.3 is 0 Å². The average molecular weight is 274 g/mol. The van der Waals surface area contributed by atoms with E-state index in [1.54, 1.807) is 6.07 Å². The van der Waals surface area contributed by atoms with Crippen LogP contribution in [0.1, 0.15) is 18.9 Å². The molecule has 1 heterocycles. The minimum atomic E-state index is -0.636. The molecule has 2 atom stereocenters. The van der Waals surface area contributed by atoms with Gasteiger partial charge in [0, 0.05) is 13.0 Å². The molecular weight excluding hydrogens is 257 g/mol. The summed E-state index contributed by atoms with van der Waals surface area (Å²) in [6.07, 6.45) is 1.40. The zero-order chi connectivity index (χ0) is 12.5. The summed E-state index contributed by atoms with van der Waals surface area (Å²) in [6, 6.07) is 5.56. The molecule has 1 aromatic rings. The summed E-state index contributed by atoms with van der Waals surface area (Å²) >= 11 is 11.9. The molecule has 1 fully saturated rings. The first-order chi connectivity index (χ1) is 8.01. The maximum atomic E-state index is 10.6. The van der Waals surface area contributed by atoms with Crippen LogP contribution in [0, 0.1) is 5.92 Å². The highest BCUT2D eigenvalue weighted by molar-refractivity contribution is 6.42. The largest absolute Gasteiger partial charge is 0.389 e. The van der Waals surface area contributed by atoms with Crippen LogP contribution in [0.15, 0.2) is 18.2 Å². The van der Waals surface area contributed by atoms with Crippen LogP contribution < -0.4 is 5.32 Å². The molecule has 17 heavy (non-hydrogen) atoms. The maximum Gasteiger partial charge on any atom is 0.0737 e. The lowest BCUT2D eigenvalue weighted by Gasteiger charge is -2.38. The molecule has 1 saturated heterocycles. The Hall–Kier alpha value is -0.280. The minimum Gasteiger partial charge on any atom is -0.389 e. The molecule has 0 bridgehead atoms. The number of benzene rings is 1. The molecule has 0 spiro atoms. The van der Waals surface area contributed by atoms with Crippen LogP contribution in [0.25, 0.3) is 0 Å². The Labute approximate surface area is 112 Å². The van der Waals surface area contributed by atoms with E-state index in [9.17, 15) is 5.11 Å². The third kappa shape index (κ3) is 2.94. The van der Waals surface area contributed by atoms with E-state index < -0.39 is 5.60 Å². The second-order valence-corrected chi connectivity index (χ2v) is 5.70. The van der Waals surface area contributed by atoms with Crippen molar-refractivity contribution in [2.75, 3.05) is 13.1 Å². The van der Waals surface area contributed by atoms with Crippen molar-refractivity contribution in [2.24, 2.45) is 5.92 Å². The third-order valence-electron chi connectivity index (χ3n) is 3.60. The van der Waals surface area contributed by atoms with Crippen LogP contribution in [-0.2, 0) is 6.42 Å². The lowest BCUT2D eigenvalue weighted by atomic mass is 9.78. The fourth-order valence-corrected chi connectivity index (χ4v) is 2.65. The smallest absolute Gasteiger partial charge is 0.0737 e. The van der Waals surface area contributed by atoms with Gasteiger partial charge in [0.05, 0.1) is 15.6 Å². The van der Waals surface area contributed by atoms with Gasteiger partial charge in [-0.2, -0.15) is 0 Å². The Morgan fingerprint density at radius 2 is 2.18 bits per heavy atom. The van der Waals surface area contributed by atoms with Crippen molar-refractivity contribution < 1.29 is 5.11 Å². The predicted molar refractivity (Wildman–Crippen MR) is 71.8 cm³/mol. The minimum absolute atomic E-state index is 0.241. The molecule has 4 heteroatoms. The van der Waals surface area contributed by atoms with Crippen molar-refractivity contribution in [2.45, 2.75) is 25.4 Å². The molecule has 2 nitrogen and oxygen atoms in total. The van der Waals surface area contributed by atoms with E-state index in [-0.39, 0.29) is 5.92 Å². The van der Waals surface area contributed by atoms with Crippen LogP contribution in [0.4, 0.5) is 0 Å². The number of aliphatic hydroxyl groups is 1. The number of piperidine rings is 1. The van der Waals surface area contributed by atoms with Gasteiger partial charge in [0.1, 0.15) is 0 Å². The van der Waals surface area contributed by atoms with E-state index in [2.05, 4.69) is 12.2 Å². The van der Waals surface area contributed by atoms with Gasteiger partial charge in [-0.05, 0) is 36.6 Å².